The van der Waals surface area contributed by atoms with E-state index in [1.807, 2.05) is 12.1 Å². The summed E-state index contributed by atoms with van der Waals surface area (Å²) < 4.78 is 0. The van der Waals surface area contributed by atoms with Crippen LogP contribution in [0.5, 0.6) is 5.75 Å². The Morgan fingerprint density at radius 1 is 1.27 bits per heavy atom. The topological polar surface area (TPSA) is 52.5 Å². The van der Waals surface area contributed by atoms with E-state index in [1.54, 1.807) is 12.1 Å². The lowest BCUT2D eigenvalue weighted by Crippen LogP contribution is -2.37. The number of aliphatic hydroxyl groups is 1. The molecule has 2 atom stereocenters. The Kier molecular flexibility index (Phi) is 4.39. The molecule has 2 rings (SSSR count). The van der Waals surface area contributed by atoms with E-state index in [4.69, 9.17) is 0 Å². The van der Waals surface area contributed by atoms with Crippen LogP contribution in [0.25, 0.3) is 0 Å². The Morgan fingerprint density at radius 2 is 2.00 bits per heavy atom. The van der Waals surface area contributed by atoms with Crippen LogP contribution < -0.4 is 5.32 Å². The molecule has 3 N–H and O–H groups in total. The molecule has 1 fully saturated rings. The highest BCUT2D eigenvalue weighted by atomic mass is 35.5. The molecule has 1 aliphatic heterocycles. The largest absolute Gasteiger partial charge is 0.508 e. The van der Waals surface area contributed by atoms with Gasteiger partial charge in [0.05, 0.1) is 12.1 Å². The summed E-state index contributed by atoms with van der Waals surface area (Å²) in [6.45, 7) is 0.899. The van der Waals surface area contributed by atoms with E-state index in [0.29, 0.717) is 0 Å². The van der Waals surface area contributed by atoms with Crippen molar-refractivity contribution >= 4 is 12.4 Å². The Bertz CT molecular complexity index is 319. The lowest BCUT2D eigenvalue weighted by Gasteiger charge is -2.29. The average Bonchev–Trinajstić information content (AvgIpc) is 2.20. The smallest absolute Gasteiger partial charge is 0.120 e. The van der Waals surface area contributed by atoms with Crippen LogP contribution in [0.4, 0.5) is 0 Å². The summed E-state index contributed by atoms with van der Waals surface area (Å²) >= 11 is 0. The zero-order chi connectivity index (χ0) is 9.97. The maximum Gasteiger partial charge on any atom is 0.120 e. The first-order valence-corrected chi connectivity index (χ1v) is 4.98. The van der Waals surface area contributed by atoms with E-state index in [9.17, 15) is 10.2 Å². The van der Waals surface area contributed by atoms with Gasteiger partial charge >= 0.3 is 0 Å². The van der Waals surface area contributed by atoms with Crippen molar-refractivity contribution in [2.45, 2.75) is 25.0 Å². The fourth-order valence-corrected chi connectivity index (χ4v) is 1.94. The zero-order valence-electron chi connectivity index (χ0n) is 8.39. The van der Waals surface area contributed by atoms with Crippen molar-refractivity contribution in [2.75, 3.05) is 6.54 Å². The van der Waals surface area contributed by atoms with Gasteiger partial charge in [-0.15, -0.1) is 12.4 Å². The van der Waals surface area contributed by atoms with Gasteiger partial charge in [-0.3, -0.25) is 0 Å². The Balaban J connectivity index is 0.00000112. The van der Waals surface area contributed by atoms with Gasteiger partial charge in [-0.2, -0.15) is 0 Å². The van der Waals surface area contributed by atoms with Gasteiger partial charge in [0, 0.05) is 5.56 Å². The van der Waals surface area contributed by atoms with Crippen molar-refractivity contribution in [1.82, 2.24) is 5.32 Å². The maximum absolute atomic E-state index is 9.77. The van der Waals surface area contributed by atoms with Crippen molar-refractivity contribution in [3.63, 3.8) is 0 Å². The number of piperidine rings is 1. The summed E-state index contributed by atoms with van der Waals surface area (Å²) in [6.07, 6.45) is 1.40. The van der Waals surface area contributed by atoms with Gasteiger partial charge in [0.2, 0.25) is 0 Å². The van der Waals surface area contributed by atoms with E-state index < -0.39 is 6.10 Å². The molecule has 1 aromatic carbocycles. The fraction of sp³-hybridized carbons (Fsp3) is 0.455. The summed E-state index contributed by atoms with van der Waals surface area (Å²) in [5.74, 6) is 0.256. The molecule has 0 saturated carbocycles. The molecule has 0 bridgehead atoms. The van der Waals surface area contributed by atoms with E-state index in [-0.39, 0.29) is 24.2 Å². The Hall–Kier alpha value is -0.770. The van der Waals surface area contributed by atoms with Crippen LogP contribution in [-0.4, -0.2) is 22.9 Å². The molecule has 0 aliphatic carbocycles. The van der Waals surface area contributed by atoms with Crippen LogP contribution in [0.2, 0.25) is 0 Å². The van der Waals surface area contributed by atoms with Crippen LogP contribution >= 0.6 is 12.4 Å². The number of phenolic OH excluding ortho intramolecular Hbond substituents is 1. The summed E-state index contributed by atoms with van der Waals surface area (Å²) in [6, 6.07) is 7.04. The second-order valence-corrected chi connectivity index (χ2v) is 3.70. The van der Waals surface area contributed by atoms with Gasteiger partial charge in [-0.05, 0) is 25.5 Å². The van der Waals surface area contributed by atoms with Crippen LogP contribution in [0.15, 0.2) is 24.3 Å². The number of para-hydroxylation sites is 1. The first-order chi connectivity index (χ1) is 6.79. The number of rotatable bonds is 1. The van der Waals surface area contributed by atoms with Crippen molar-refractivity contribution in [3.05, 3.63) is 29.8 Å². The van der Waals surface area contributed by atoms with Gasteiger partial charge < -0.3 is 15.5 Å². The van der Waals surface area contributed by atoms with Gasteiger partial charge in [0.25, 0.3) is 0 Å². The maximum atomic E-state index is 9.77. The number of hydrogen-bond donors (Lipinski definition) is 3. The molecule has 84 valence electrons. The SMILES string of the molecule is Cl.Oc1ccccc1C1NCCCC1O. The predicted molar refractivity (Wildman–Crippen MR) is 61.3 cm³/mol. The molecular weight excluding hydrogens is 214 g/mol. The van der Waals surface area contributed by atoms with E-state index in [1.165, 1.54) is 0 Å². The summed E-state index contributed by atoms with van der Waals surface area (Å²) in [5.41, 5.74) is 0.791. The molecule has 4 heteroatoms. The third-order valence-electron chi connectivity index (χ3n) is 2.70. The standard InChI is InChI=1S/C11H15NO2.ClH/c13-9-5-2-1-4-8(9)11-10(14)6-3-7-12-11;/h1-2,4-5,10-14H,3,6-7H2;1H. The number of aromatic hydroxyl groups is 1. The minimum atomic E-state index is -0.392. The monoisotopic (exact) mass is 229 g/mol. The van der Waals surface area contributed by atoms with Crippen LogP contribution in [-0.2, 0) is 0 Å². The number of halogens is 1. The molecule has 0 aromatic heterocycles. The Labute approximate surface area is 95.5 Å². The van der Waals surface area contributed by atoms with Crippen LogP contribution in [0.1, 0.15) is 24.4 Å². The van der Waals surface area contributed by atoms with E-state index in [2.05, 4.69) is 5.32 Å². The lowest BCUT2D eigenvalue weighted by atomic mass is 9.94. The minimum absolute atomic E-state index is 0. The fourth-order valence-electron chi connectivity index (χ4n) is 1.94. The third-order valence-corrected chi connectivity index (χ3v) is 2.70. The van der Waals surface area contributed by atoms with Gasteiger partial charge in [-0.25, -0.2) is 0 Å². The average molecular weight is 230 g/mol. The quantitative estimate of drug-likeness (QED) is 0.686. The molecule has 1 heterocycles. The summed E-state index contributed by atoms with van der Waals surface area (Å²) in [7, 11) is 0. The Morgan fingerprint density at radius 3 is 2.67 bits per heavy atom. The number of phenols is 1. The van der Waals surface area contributed by atoms with Gasteiger partial charge in [-0.1, -0.05) is 18.2 Å². The molecule has 1 aromatic rings. The molecule has 1 saturated heterocycles. The molecule has 0 spiro atoms. The van der Waals surface area contributed by atoms with Crippen molar-refractivity contribution in [1.29, 1.82) is 0 Å². The molecule has 3 nitrogen and oxygen atoms in total. The zero-order valence-corrected chi connectivity index (χ0v) is 9.20. The number of hydrogen-bond acceptors (Lipinski definition) is 3. The van der Waals surface area contributed by atoms with E-state index in [0.717, 1.165) is 24.9 Å². The highest BCUT2D eigenvalue weighted by Crippen LogP contribution is 2.29. The normalized spacial score (nSPS) is 25.7. The third kappa shape index (κ3) is 2.62. The van der Waals surface area contributed by atoms with E-state index >= 15 is 0 Å². The van der Waals surface area contributed by atoms with Crippen LogP contribution in [0, 0.1) is 0 Å². The highest BCUT2D eigenvalue weighted by Gasteiger charge is 2.25. The first-order valence-electron chi connectivity index (χ1n) is 4.98. The highest BCUT2D eigenvalue weighted by molar-refractivity contribution is 5.85. The van der Waals surface area contributed by atoms with Gasteiger partial charge in [0.1, 0.15) is 5.75 Å². The second kappa shape index (κ2) is 5.35. The summed E-state index contributed by atoms with van der Waals surface area (Å²) in [5, 5.41) is 22.6. The first kappa shape index (κ1) is 12.3. The predicted octanol–water partition coefficient (Wildman–Crippen LogP) is 1.60. The van der Waals surface area contributed by atoms with Crippen molar-refractivity contribution in [2.24, 2.45) is 0 Å². The molecule has 0 amide bonds. The molecule has 0 radical (unpaired) electrons. The second-order valence-electron chi connectivity index (χ2n) is 3.70. The molecule has 1 aliphatic rings. The summed E-state index contributed by atoms with van der Waals surface area (Å²) in [4.78, 5) is 0. The molecular formula is C11H16ClNO2. The molecule has 2 unspecified atom stereocenters. The lowest BCUT2D eigenvalue weighted by molar-refractivity contribution is 0.0953. The van der Waals surface area contributed by atoms with Crippen LogP contribution in [0.3, 0.4) is 0 Å². The van der Waals surface area contributed by atoms with Crippen molar-refractivity contribution < 1.29 is 10.2 Å². The van der Waals surface area contributed by atoms with Gasteiger partial charge in [0.15, 0.2) is 0 Å². The number of aliphatic hydroxyl groups excluding tert-OH is 1. The molecule has 15 heavy (non-hydrogen) atoms. The minimum Gasteiger partial charge on any atom is -0.508 e. The van der Waals surface area contributed by atoms with Crippen molar-refractivity contribution in [3.8, 4) is 5.75 Å². The number of nitrogens with one attached hydrogen (secondary N) is 1. The number of benzene rings is 1.